The van der Waals surface area contributed by atoms with E-state index in [9.17, 15) is 13.2 Å². The number of halogens is 3. The molecule has 0 bridgehead atoms. The van der Waals surface area contributed by atoms with Crippen LogP contribution in [0.3, 0.4) is 0 Å². The molecule has 2 aromatic rings. The zero-order valence-corrected chi connectivity index (χ0v) is 10.4. The summed E-state index contributed by atoms with van der Waals surface area (Å²) in [5.41, 5.74) is 5.77. The van der Waals surface area contributed by atoms with E-state index in [4.69, 9.17) is 5.73 Å². The molecule has 1 unspecified atom stereocenters. The fourth-order valence-electron chi connectivity index (χ4n) is 2.42. The molecule has 0 aliphatic carbocycles. The van der Waals surface area contributed by atoms with Gasteiger partial charge in [-0.3, -0.25) is 5.32 Å². The minimum absolute atomic E-state index is 0.117. The van der Waals surface area contributed by atoms with Crippen molar-refractivity contribution in [3.05, 3.63) is 41.1 Å². The molecule has 8 heteroatoms. The van der Waals surface area contributed by atoms with Gasteiger partial charge in [-0.25, -0.2) is 4.68 Å². The summed E-state index contributed by atoms with van der Waals surface area (Å²) < 4.78 is 40.7. The topological polar surface area (TPSA) is 68.8 Å². The maximum atomic E-state index is 13.1. The summed E-state index contributed by atoms with van der Waals surface area (Å²) in [6.07, 6.45) is -4.53. The molecule has 0 saturated heterocycles. The second-order valence-electron chi connectivity index (χ2n) is 4.56. The van der Waals surface area contributed by atoms with Gasteiger partial charge in [0, 0.05) is 18.5 Å². The van der Waals surface area contributed by atoms with Crippen molar-refractivity contribution in [1.29, 1.82) is 0 Å². The van der Waals surface area contributed by atoms with E-state index in [2.05, 4.69) is 15.6 Å². The number of hydrogen-bond acceptors (Lipinski definition) is 4. The number of nitrogen functional groups attached to an aromatic ring is 1. The maximum Gasteiger partial charge on any atom is 0.416 e. The molecule has 1 aromatic heterocycles. The summed E-state index contributed by atoms with van der Waals surface area (Å²) in [7, 11) is 0. The Morgan fingerprint density at radius 1 is 1.30 bits per heavy atom. The van der Waals surface area contributed by atoms with Gasteiger partial charge in [0.1, 0.15) is 6.17 Å². The van der Waals surface area contributed by atoms with Gasteiger partial charge in [0.25, 0.3) is 0 Å². The van der Waals surface area contributed by atoms with Crippen molar-refractivity contribution in [2.75, 3.05) is 12.3 Å². The Kier molecular flexibility index (Phi) is 2.89. The molecule has 5 nitrogen and oxygen atoms in total. The summed E-state index contributed by atoms with van der Waals surface area (Å²) in [6, 6.07) is 5.44. The Balaban J connectivity index is 2.12. The van der Waals surface area contributed by atoms with Crippen LogP contribution in [0.1, 0.15) is 23.0 Å². The highest BCUT2D eigenvalue weighted by Crippen LogP contribution is 2.35. The third kappa shape index (κ3) is 2.01. The number of rotatable bonds is 1. The van der Waals surface area contributed by atoms with Crippen LogP contribution in [0.4, 0.5) is 19.0 Å². The number of anilines is 1. The van der Waals surface area contributed by atoms with Gasteiger partial charge in [0.15, 0.2) is 5.82 Å². The normalized spacial score (nSPS) is 18.9. The fraction of sp³-hybridized carbons (Fsp3) is 0.333. The lowest BCUT2D eigenvalue weighted by molar-refractivity contribution is -0.138. The minimum atomic E-state index is -4.41. The van der Waals surface area contributed by atoms with E-state index in [-0.39, 0.29) is 11.4 Å². The zero-order chi connectivity index (χ0) is 14.3. The highest BCUT2D eigenvalue weighted by atomic mass is 19.4. The first kappa shape index (κ1) is 12.9. The zero-order valence-electron chi connectivity index (χ0n) is 10.4. The predicted molar refractivity (Wildman–Crippen MR) is 65.7 cm³/mol. The number of benzene rings is 1. The first-order chi connectivity index (χ1) is 9.48. The number of hydrogen-bond donors (Lipinski definition) is 2. The van der Waals surface area contributed by atoms with E-state index in [1.54, 1.807) is 6.07 Å². The molecule has 1 aliphatic rings. The summed E-state index contributed by atoms with van der Waals surface area (Å²) >= 11 is 0. The molecule has 0 saturated carbocycles. The van der Waals surface area contributed by atoms with Crippen molar-refractivity contribution in [2.45, 2.75) is 18.8 Å². The number of nitrogens with two attached hydrogens (primary N) is 1. The molecule has 0 radical (unpaired) electrons. The van der Waals surface area contributed by atoms with Crippen LogP contribution in [0, 0.1) is 0 Å². The summed E-state index contributed by atoms with van der Waals surface area (Å²) in [5, 5.41) is 10.6. The van der Waals surface area contributed by atoms with E-state index in [0.29, 0.717) is 18.7 Å². The van der Waals surface area contributed by atoms with Crippen LogP contribution in [-0.2, 0) is 12.6 Å². The predicted octanol–water partition coefficient (Wildman–Crippen LogP) is 1.57. The monoisotopic (exact) mass is 283 g/mol. The van der Waals surface area contributed by atoms with Crippen LogP contribution < -0.4 is 11.1 Å². The van der Waals surface area contributed by atoms with Crippen LogP contribution in [0.2, 0.25) is 0 Å². The summed E-state index contributed by atoms with van der Waals surface area (Å²) in [5.74, 6) is 0.265. The number of alkyl halides is 3. The molecule has 3 rings (SSSR count). The molecule has 20 heavy (non-hydrogen) atoms. The van der Waals surface area contributed by atoms with Gasteiger partial charge < -0.3 is 5.73 Å². The largest absolute Gasteiger partial charge is 0.416 e. The van der Waals surface area contributed by atoms with Gasteiger partial charge in [0.2, 0.25) is 0 Å². The lowest BCUT2D eigenvalue weighted by Crippen LogP contribution is -2.37. The number of nitrogens with one attached hydrogen (secondary N) is 1. The Morgan fingerprint density at radius 2 is 2.05 bits per heavy atom. The quantitative estimate of drug-likeness (QED) is 0.833. The number of nitrogens with zero attached hydrogens (tertiary/aromatic N) is 3. The van der Waals surface area contributed by atoms with Crippen molar-refractivity contribution in [2.24, 2.45) is 0 Å². The Hall–Kier alpha value is -2.09. The molecule has 1 atom stereocenters. The first-order valence-corrected chi connectivity index (χ1v) is 6.07. The molecule has 3 N–H and O–H groups in total. The van der Waals surface area contributed by atoms with Crippen LogP contribution in [0.25, 0.3) is 0 Å². The van der Waals surface area contributed by atoms with E-state index < -0.39 is 17.9 Å². The second kappa shape index (κ2) is 4.48. The van der Waals surface area contributed by atoms with Gasteiger partial charge in [-0.05, 0) is 6.07 Å². The standard InChI is InChI=1S/C12H12F3N5/c13-12(14,15)8-4-2-1-3-7(8)11-17-6-5-9-10(16)18-19-20(9)11/h1-4,11,17H,5-6,16H2. The van der Waals surface area contributed by atoms with Crippen LogP contribution >= 0.6 is 0 Å². The molecule has 0 amide bonds. The Morgan fingerprint density at radius 3 is 2.80 bits per heavy atom. The molecule has 0 fully saturated rings. The molecule has 1 aromatic carbocycles. The third-order valence-electron chi connectivity index (χ3n) is 3.33. The highest BCUT2D eigenvalue weighted by molar-refractivity contribution is 5.38. The average Bonchev–Trinajstić information content (AvgIpc) is 2.80. The van der Waals surface area contributed by atoms with E-state index in [1.807, 2.05) is 0 Å². The average molecular weight is 283 g/mol. The highest BCUT2D eigenvalue weighted by Gasteiger charge is 2.36. The van der Waals surface area contributed by atoms with Gasteiger partial charge in [0.05, 0.1) is 11.3 Å². The van der Waals surface area contributed by atoms with Gasteiger partial charge in [-0.1, -0.05) is 23.4 Å². The SMILES string of the molecule is Nc1nnn2c1CCNC2c1ccccc1C(F)(F)F. The second-order valence-corrected chi connectivity index (χ2v) is 4.56. The Bertz CT molecular complexity index is 634. The molecule has 0 spiro atoms. The van der Waals surface area contributed by atoms with Crippen molar-refractivity contribution in [1.82, 2.24) is 20.3 Å². The van der Waals surface area contributed by atoms with Crippen LogP contribution in [-0.4, -0.2) is 21.5 Å². The summed E-state index contributed by atoms with van der Waals surface area (Å²) in [6.45, 7) is 0.522. The lowest BCUT2D eigenvalue weighted by atomic mass is 10.0. The van der Waals surface area contributed by atoms with Gasteiger partial charge >= 0.3 is 6.18 Å². The van der Waals surface area contributed by atoms with Crippen LogP contribution in [0.5, 0.6) is 0 Å². The lowest BCUT2D eigenvalue weighted by Gasteiger charge is -2.27. The van der Waals surface area contributed by atoms with Crippen LogP contribution in [0.15, 0.2) is 24.3 Å². The molecule has 2 heterocycles. The third-order valence-corrected chi connectivity index (χ3v) is 3.33. The molecule has 106 valence electrons. The summed E-state index contributed by atoms with van der Waals surface area (Å²) in [4.78, 5) is 0. The van der Waals surface area contributed by atoms with Crippen molar-refractivity contribution >= 4 is 5.82 Å². The Labute approximate surface area is 112 Å². The van der Waals surface area contributed by atoms with Crippen molar-refractivity contribution in [3.63, 3.8) is 0 Å². The van der Waals surface area contributed by atoms with E-state index >= 15 is 0 Å². The molecular weight excluding hydrogens is 271 g/mol. The van der Waals surface area contributed by atoms with Crippen molar-refractivity contribution < 1.29 is 13.2 Å². The van der Waals surface area contributed by atoms with Crippen molar-refractivity contribution in [3.8, 4) is 0 Å². The fourth-order valence-corrected chi connectivity index (χ4v) is 2.42. The first-order valence-electron chi connectivity index (χ1n) is 6.07. The van der Waals surface area contributed by atoms with E-state index in [1.165, 1.54) is 16.8 Å². The van der Waals surface area contributed by atoms with Gasteiger partial charge in [-0.15, -0.1) is 5.10 Å². The molecular formula is C12H12F3N5. The maximum absolute atomic E-state index is 13.1. The number of fused-ring (bicyclic) bond motifs is 1. The van der Waals surface area contributed by atoms with E-state index in [0.717, 1.165) is 6.07 Å². The smallest absolute Gasteiger partial charge is 0.381 e. The molecule has 1 aliphatic heterocycles. The number of aromatic nitrogens is 3. The minimum Gasteiger partial charge on any atom is -0.381 e. The van der Waals surface area contributed by atoms with Gasteiger partial charge in [-0.2, -0.15) is 13.2 Å².